The van der Waals surface area contributed by atoms with Crippen molar-refractivity contribution in [3.8, 4) is 0 Å². The highest BCUT2D eigenvalue weighted by molar-refractivity contribution is 7.17. The van der Waals surface area contributed by atoms with Crippen molar-refractivity contribution in [1.82, 2.24) is 19.8 Å². The molecule has 3 heterocycles. The number of carbonyl (C=O) groups is 2. The highest BCUT2D eigenvalue weighted by Gasteiger charge is 2.28. The summed E-state index contributed by atoms with van der Waals surface area (Å²) >= 11 is 1.28. The van der Waals surface area contributed by atoms with E-state index in [1.54, 1.807) is 23.8 Å². The van der Waals surface area contributed by atoms with Gasteiger partial charge < -0.3 is 15.1 Å². The lowest BCUT2D eigenvalue weighted by molar-refractivity contribution is -0.126. The van der Waals surface area contributed by atoms with Gasteiger partial charge in [-0.3, -0.25) is 23.5 Å². The molecule has 1 aliphatic rings. The van der Waals surface area contributed by atoms with Crippen molar-refractivity contribution in [2.45, 2.75) is 58.7 Å². The van der Waals surface area contributed by atoms with Crippen LogP contribution in [-0.4, -0.2) is 27.5 Å². The van der Waals surface area contributed by atoms with Crippen LogP contribution in [0.3, 0.4) is 0 Å². The summed E-state index contributed by atoms with van der Waals surface area (Å²) in [5, 5.41) is 7.47. The van der Waals surface area contributed by atoms with E-state index in [0.717, 1.165) is 19.3 Å². The summed E-state index contributed by atoms with van der Waals surface area (Å²) in [6.07, 6.45) is 5.30. The lowest BCUT2D eigenvalue weighted by atomic mass is 9.81. The highest BCUT2D eigenvalue weighted by Crippen LogP contribution is 2.30. The summed E-state index contributed by atoms with van der Waals surface area (Å²) in [7, 11) is 0. The molecule has 0 atom stereocenters. The SMILES string of the molecule is CCCNC(=O)Cn1c(=O)n(CC2CCC(C(=O)NCc3ccco3)CC2)c(=O)c2sccc21. The fourth-order valence-corrected chi connectivity index (χ4v) is 5.35. The molecule has 0 unspecified atom stereocenters. The number of aromatic nitrogens is 2. The van der Waals surface area contributed by atoms with E-state index in [1.165, 1.54) is 20.5 Å². The maximum Gasteiger partial charge on any atom is 0.332 e. The Morgan fingerprint density at radius 1 is 1.12 bits per heavy atom. The van der Waals surface area contributed by atoms with Crippen LogP contribution in [0.4, 0.5) is 0 Å². The standard InChI is InChI=1S/C24H30N4O5S/c1-2-10-25-20(29)15-27-19-9-12-34-21(19)23(31)28(24(27)32)14-16-5-7-17(8-6-16)22(30)26-13-18-4-3-11-33-18/h3-4,9,11-12,16-17H,2,5-8,10,13-15H2,1H3,(H,25,29)(H,26,30). The first kappa shape index (κ1) is 24.0. The normalized spacial score (nSPS) is 18.1. The molecule has 2 N–H and O–H groups in total. The van der Waals surface area contributed by atoms with Gasteiger partial charge in [0.15, 0.2) is 0 Å². The molecule has 0 spiro atoms. The van der Waals surface area contributed by atoms with Gasteiger partial charge in [0, 0.05) is 19.0 Å². The van der Waals surface area contributed by atoms with Gasteiger partial charge in [-0.15, -0.1) is 11.3 Å². The lowest BCUT2D eigenvalue weighted by Crippen LogP contribution is -2.44. The van der Waals surface area contributed by atoms with Crippen molar-refractivity contribution in [2.24, 2.45) is 11.8 Å². The number of hydrogen-bond donors (Lipinski definition) is 2. The first-order chi connectivity index (χ1) is 16.5. The van der Waals surface area contributed by atoms with Crippen molar-refractivity contribution in [2.75, 3.05) is 6.54 Å². The average Bonchev–Trinajstić information content (AvgIpc) is 3.54. The Balaban J connectivity index is 1.43. The van der Waals surface area contributed by atoms with Crippen LogP contribution < -0.4 is 21.9 Å². The van der Waals surface area contributed by atoms with Crippen molar-refractivity contribution in [1.29, 1.82) is 0 Å². The smallest absolute Gasteiger partial charge is 0.332 e. The molecular weight excluding hydrogens is 456 g/mol. The minimum absolute atomic E-state index is 0.00692. The maximum absolute atomic E-state index is 13.2. The second-order valence-corrected chi connectivity index (χ2v) is 9.70. The van der Waals surface area contributed by atoms with E-state index in [9.17, 15) is 19.2 Å². The van der Waals surface area contributed by atoms with Crippen molar-refractivity contribution < 1.29 is 14.0 Å². The Kier molecular flexibility index (Phi) is 7.66. The van der Waals surface area contributed by atoms with Gasteiger partial charge in [0.25, 0.3) is 5.56 Å². The number of nitrogens with one attached hydrogen (secondary N) is 2. The molecule has 1 aliphatic carbocycles. The summed E-state index contributed by atoms with van der Waals surface area (Å²) < 4.78 is 8.40. The average molecular weight is 487 g/mol. The summed E-state index contributed by atoms with van der Waals surface area (Å²) in [5.74, 6) is 0.515. The first-order valence-corrected chi connectivity index (χ1v) is 12.6. The fourth-order valence-electron chi connectivity index (χ4n) is 4.51. The Morgan fingerprint density at radius 3 is 2.62 bits per heavy atom. The Bertz CT molecular complexity index is 1250. The van der Waals surface area contributed by atoms with Crippen LogP contribution in [0, 0.1) is 11.8 Å². The largest absolute Gasteiger partial charge is 0.467 e. The van der Waals surface area contributed by atoms with E-state index in [4.69, 9.17) is 4.42 Å². The summed E-state index contributed by atoms with van der Waals surface area (Å²) in [4.78, 5) is 51.1. The molecule has 1 fully saturated rings. The summed E-state index contributed by atoms with van der Waals surface area (Å²) in [6.45, 7) is 3.05. The van der Waals surface area contributed by atoms with Crippen molar-refractivity contribution in [3.63, 3.8) is 0 Å². The molecule has 4 rings (SSSR count). The highest BCUT2D eigenvalue weighted by atomic mass is 32.1. The minimum Gasteiger partial charge on any atom is -0.467 e. The fraction of sp³-hybridized carbons (Fsp3) is 0.500. The molecule has 9 nitrogen and oxygen atoms in total. The third kappa shape index (κ3) is 5.32. The predicted molar refractivity (Wildman–Crippen MR) is 130 cm³/mol. The first-order valence-electron chi connectivity index (χ1n) is 11.8. The molecule has 182 valence electrons. The number of hydrogen-bond acceptors (Lipinski definition) is 6. The number of fused-ring (bicyclic) bond motifs is 1. The molecular formula is C24H30N4O5S. The molecule has 1 saturated carbocycles. The molecule has 3 aromatic rings. The summed E-state index contributed by atoms with van der Waals surface area (Å²) in [5.41, 5.74) is -0.265. The van der Waals surface area contributed by atoms with E-state index in [-0.39, 0.29) is 35.8 Å². The monoisotopic (exact) mass is 486 g/mol. The Labute approximate surface area is 200 Å². The third-order valence-corrected chi connectivity index (χ3v) is 7.28. The number of amides is 2. The van der Waals surface area contributed by atoms with Gasteiger partial charge in [0.2, 0.25) is 11.8 Å². The zero-order chi connectivity index (χ0) is 24.1. The van der Waals surface area contributed by atoms with Crippen LogP contribution in [0.2, 0.25) is 0 Å². The zero-order valence-electron chi connectivity index (χ0n) is 19.2. The molecule has 0 aliphatic heterocycles. The number of rotatable bonds is 9. The van der Waals surface area contributed by atoms with Crippen LogP contribution in [0.1, 0.15) is 44.8 Å². The Morgan fingerprint density at radius 2 is 1.91 bits per heavy atom. The van der Waals surface area contributed by atoms with Gasteiger partial charge >= 0.3 is 5.69 Å². The molecule has 10 heteroatoms. The van der Waals surface area contributed by atoms with Gasteiger partial charge in [-0.1, -0.05) is 6.92 Å². The molecule has 34 heavy (non-hydrogen) atoms. The van der Waals surface area contributed by atoms with Crippen LogP contribution in [0.15, 0.2) is 43.8 Å². The van der Waals surface area contributed by atoms with E-state index >= 15 is 0 Å². The number of furan rings is 1. The lowest BCUT2D eigenvalue weighted by Gasteiger charge is -2.28. The van der Waals surface area contributed by atoms with Gasteiger partial charge in [0.05, 0.1) is 18.3 Å². The maximum atomic E-state index is 13.2. The molecule has 0 aromatic carbocycles. The van der Waals surface area contributed by atoms with E-state index in [0.29, 0.717) is 48.5 Å². The quantitative estimate of drug-likeness (QED) is 0.482. The van der Waals surface area contributed by atoms with E-state index < -0.39 is 5.69 Å². The summed E-state index contributed by atoms with van der Waals surface area (Å²) in [6, 6.07) is 5.32. The second-order valence-electron chi connectivity index (χ2n) is 8.78. The van der Waals surface area contributed by atoms with Crippen LogP contribution >= 0.6 is 11.3 Å². The zero-order valence-corrected chi connectivity index (χ0v) is 20.1. The van der Waals surface area contributed by atoms with E-state index in [2.05, 4.69) is 10.6 Å². The Hall–Kier alpha value is -3.14. The van der Waals surface area contributed by atoms with Crippen LogP contribution in [-0.2, 0) is 29.2 Å². The molecule has 0 radical (unpaired) electrons. The molecule has 0 bridgehead atoms. The molecule has 3 aromatic heterocycles. The second kappa shape index (κ2) is 10.9. The van der Waals surface area contributed by atoms with E-state index in [1.807, 2.05) is 13.0 Å². The van der Waals surface area contributed by atoms with Gasteiger partial charge in [-0.2, -0.15) is 0 Å². The number of carbonyl (C=O) groups excluding carboxylic acids is 2. The van der Waals surface area contributed by atoms with Gasteiger partial charge in [0.1, 0.15) is 17.0 Å². The van der Waals surface area contributed by atoms with Gasteiger partial charge in [-0.05, 0) is 61.6 Å². The number of thiophene rings is 1. The topological polar surface area (TPSA) is 115 Å². The number of nitrogens with zero attached hydrogens (tertiary/aromatic N) is 2. The van der Waals surface area contributed by atoms with Crippen molar-refractivity contribution >= 4 is 33.4 Å². The minimum atomic E-state index is -0.458. The van der Waals surface area contributed by atoms with Gasteiger partial charge in [-0.25, -0.2) is 4.79 Å². The molecule has 0 saturated heterocycles. The van der Waals surface area contributed by atoms with Crippen molar-refractivity contribution in [3.05, 3.63) is 56.4 Å². The van der Waals surface area contributed by atoms with Crippen LogP contribution in [0.25, 0.3) is 10.2 Å². The van der Waals surface area contributed by atoms with Crippen LogP contribution in [0.5, 0.6) is 0 Å². The molecule has 2 amide bonds. The third-order valence-electron chi connectivity index (χ3n) is 6.39. The predicted octanol–water partition coefficient (Wildman–Crippen LogP) is 2.47.